The number of hydrogen-bond donors (Lipinski definition) is 0. The molecule has 8 heteroatoms. The van der Waals surface area contributed by atoms with E-state index in [0.717, 1.165) is 31.6 Å². The SMILES string of the molecule is CCOc1ccccc1-n1nnnc1S[C@H](C)C(=O)N1CCC(C)CC1. The van der Waals surface area contributed by atoms with Crippen molar-refractivity contribution in [3.05, 3.63) is 24.3 Å². The number of nitrogens with zero attached hydrogens (tertiary/aromatic N) is 5. The van der Waals surface area contributed by atoms with E-state index in [2.05, 4.69) is 22.4 Å². The Hall–Kier alpha value is -2.09. The minimum atomic E-state index is -0.243. The maximum atomic E-state index is 12.8. The number of piperidine rings is 1. The van der Waals surface area contributed by atoms with Gasteiger partial charge in [-0.1, -0.05) is 30.8 Å². The van der Waals surface area contributed by atoms with E-state index in [1.807, 2.05) is 43.0 Å². The molecule has 1 aliphatic heterocycles. The van der Waals surface area contributed by atoms with Crippen LogP contribution < -0.4 is 4.74 Å². The molecule has 1 atom stereocenters. The lowest BCUT2D eigenvalue weighted by molar-refractivity contribution is -0.131. The second kappa shape index (κ2) is 8.53. The van der Waals surface area contributed by atoms with Crippen LogP contribution in [0.1, 0.15) is 33.6 Å². The third-order valence-electron chi connectivity index (χ3n) is 4.56. The van der Waals surface area contributed by atoms with E-state index in [1.165, 1.54) is 11.8 Å². The fourth-order valence-electron chi connectivity index (χ4n) is 3.01. The Bertz CT molecular complexity index is 743. The first-order valence-corrected chi connectivity index (χ1v) is 9.94. The van der Waals surface area contributed by atoms with Gasteiger partial charge in [0.1, 0.15) is 11.4 Å². The smallest absolute Gasteiger partial charge is 0.235 e. The van der Waals surface area contributed by atoms with Crippen molar-refractivity contribution in [2.75, 3.05) is 19.7 Å². The van der Waals surface area contributed by atoms with Crippen LogP contribution >= 0.6 is 11.8 Å². The molecule has 1 aliphatic rings. The van der Waals surface area contributed by atoms with E-state index in [4.69, 9.17) is 4.74 Å². The largest absolute Gasteiger partial charge is 0.492 e. The molecule has 0 N–H and O–H groups in total. The summed E-state index contributed by atoms with van der Waals surface area (Å²) in [5.41, 5.74) is 0.772. The lowest BCUT2D eigenvalue weighted by atomic mass is 9.99. The van der Waals surface area contributed by atoms with Gasteiger partial charge in [-0.05, 0) is 55.2 Å². The van der Waals surface area contributed by atoms with Crippen molar-refractivity contribution in [1.29, 1.82) is 0 Å². The fourth-order valence-corrected chi connectivity index (χ4v) is 3.89. The second-order valence-corrected chi connectivity index (χ2v) is 7.85. The molecule has 140 valence electrons. The number of para-hydroxylation sites is 2. The molecule has 0 saturated carbocycles. The lowest BCUT2D eigenvalue weighted by Gasteiger charge is -2.31. The molecule has 1 fully saturated rings. The molecule has 3 rings (SSSR count). The van der Waals surface area contributed by atoms with Crippen LogP contribution in [0.15, 0.2) is 29.4 Å². The van der Waals surface area contributed by atoms with E-state index in [1.54, 1.807) is 4.68 Å². The molecule has 0 bridgehead atoms. The van der Waals surface area contributed by atoms with Crippen molar-refractivity contribution in [3.63, 3.8) is 0 Å². The molecule has 1 aromatic heterocycles. The van der Waals surface area contributed by atoms with E-state index < -0.39 is 0 Å². The Kier molecular flexibility index (Phi) is 6.13. The predicted molar refractivity (Wildman–Crippen MR) is 101 cm³/mol. The van der Waals surface area contributed by atoms with Gasteiger partial charge in [0.15, 0.2) is 0 Å². The number of rotatable bonds is 6. The number of ether oxygens (including phenoxy) is 1. The molecule has 2 heterocycles. The van der Waals surface area contributed by atoms with Crippen LogP contribution in [0.4, 0.5) is 0 Å². The van der Waals surface area contributed by atoms with Gasteiger partial charge in [-0.2, -0.15) is 4.68 Å². The van der Waals surface area contributed by atoms with Crippen LogP contribution in [0, 0.1) is 5.92 Å². The van der Waals surface area contributed by atoms with Crippen LogP contribution in [-0.2, 0) is 4.79 Å². The average Bonchev–Trinajstić information content (AvgIpc) is 3.10. The van der Waals surface area contributed by atoms with Crippen molar-refractivity contribution in [1.82, 2.24) is 25.1 Å². The zero-order chi connectivity index (χ0) is 18.5. The minimum absolute atomic E-state index is 0.148. The number of thioether (sulfide) groups is 1. The molecular weight excluding hydrogens is 350 g/mol. The molecular formula is C18H25N5O2S. The highest BCUT2D eigenvalue weighted by Gasteiger charge is 2.27. The standard InChI is InChI=1S/C18H25N5O2S/c1-4-25-16-8-6-5-7-15(16)23-18(19-20-21-23)26-14(3)17(24)22-11-9-13(2)10-12-22/h5-8,13-14H,4,9-12H2,1-3H3/t14-/m1/s1. The van der Waals surface area contributed by atoms with Crippen LogP contribution in [-0.4, -0.2) is 56.0 Å². The Labute approximate surface area is 158 Å². The number of amides is 1. The van der Waals surface area contributed by atoms with Crippen molar-refractivity contribution >= 4 is 17.7 Å². The number of benzene rings is 1. The number of hydrogen-bond acceptors (Lipinski definition) is 6. The van der Waals surface area contributed by atoms with Gasteiger partial charge in [-0.15, -0.1) is 5.10 Å². The van der Waals surface area contributed by atoms with Gasteiger partial charge in [0, 0.05) is 13.1 Å². The van der Waals surface area contributed by atoms with E-state index in [-0.39, 0.29) is 11.2 Å². The third-order valence-corrected chi connectivity index (χ3v) is 5.58. The summed E-state index contributed by atoms with van der Waals surface area (Å²) in [6, 6.07) is 7.62. The van der Waals surface area contributed by atoms with Crippen LogP contribution in [0.5, 0.6) is 5.75 Å². The van der Waals surface area contributed by atoms with Gasteiger partial charge in [0.05, 0.1) is 11.9 Å². The number of aromatic nitrogens is 4. The van der Waals surface area contributed by atoms with Gasteiger partial charge in [0.2, 0.25) is 11.1 Å². The lowest BCUT2D eigenvalue weighted by Crippen LogP contribution is -2.41. The van der Waals surface area contributed by atoms with Crippen molar-refractivity contribution in [3.8, 4) is 11.4 Å². The van der Waals surface area contributed by atoms with Crippen molar-refractivity contribution < 1.29 is 9.53 Å². The highest BCUT2D eigenvalue weighted by atomic mass is 32.2. The number of carbonyl (C=O) groups is 1. The normalized spacial score (nSPS) is 16.5. The third kappa shape index (κ3) is 4.17. The summed E-state index contributed by atoms with van der Waals surface area (Å²) >= 11 is 1.38. The Morgan fingerprint density at radius 2 is 2.08 bits per heavy atom. The first-order valence-electron chi connectivity index (χ1n) is 9.06. The zero-order valence-electron chi connectivity index (χ0n) is 15.5. The highest BCUT2D eigenvalue weighted by molar-refractivity contribution is 8.00. The van der Waals surface area contributed by atoms with Crippen LogP contribution in [0.25, 0.3) is 5.69 Å². The number of carbonyl (C=O) groups excluding carboxylic acids is 1. The molecule has 0 aliphatic carbocycles. The molecule has 1 saturated heterocycles. The molecule has 2 aromatic rings. The van der Waals surface area contributed by atoms with E-state index >= 15 is 0 Å². The summed E-state index contributed by atoms with van der Waals surface area (Å²) in [5.74, 6) is 1.56. The Morgan fingerprint density at radius 1 is 1.35 bits per heavy atom. The Balaban J connectivity index is 1.74. The summed E-state index contributed by atoms with van der Waals surface area (Å²) in [5, 5.41) is 12.3. The molecule has 7 nitrogen and oxygen atoms in total. The molecule has 1 aromatic carbocycles. The van der Waals surface area contributed by atoms with Crippen LogP contribution in [0.3, 0.4) is 0 Å². The summed E-state index contributed by atoms with van der Waals surface area (Å²) in [6.07, 6.45) is 2.14. The second-order valence-electron chi connectivity index (χ2n) is 6.54. The number of tetrazole rings is 1. The molecule has 0 radical (unpaired) electrons. The molecule has 1 amide bonds. The van der Waals surface area contributed by atoms with Gasteiger partial charge >= 0.3 is 0 Å². The minimum Gasteiger partial charge on any atom is -0.492 e. The van der Waals surface area contributed by atoms with Crippen molar-refractivity contribution in [2.24, 2.45) is 5.92 Å². The topological polar surface area (TPSA) is 73.1 Å². The fraction of sp³-hybridized carbons (Fsp3) is 0.556. The number of likely N-dealkylation sites (tertiary alicyclic amines) is 1. The van der Waals surface area contributed by atoms with Gasteiger partial charge in [-0.3, -0.25) is 4.79 Å². The molecule has 0 spiro atoms. The van der Waals surface area contributed by atoms with E-state index in [9.17, 15) is 4.79 Å². The summed E-state index contributed by atoms with van der Waals surface area (Å²) in [4.78, 5) is 14.7. The quantitative estimate of drug-likeness (QED) is 0.723. The summed E-state index contributed by atoms with van der Waals surface area (Å²) in [6.45, 7) is 8.32. The van der Waals surface area contributed by atoms with Gasteiger partial charge in [0.25, 0.3) is 0 Å². The molecule has 26 heavy (non-hydrogen) atoms. The summed E-state index contributed by atoms with van der Waals surface area (Å²) < 4.78 is 7.31. The van der Waals surface area contributed by atoms with Crippen LogP contribution in [0.2, 0.25) is 0 Å². The summed E-state index contributed by atoms with van der Waals surface area (Å²) in [7, 11) is 0. The highest BCUT2D eigenvalue weighted by Crippen LogP contribution is 2.29. The average molecular weight is 375 g/mol. The van der Waals surface area contributed by atoms with Crippen molar-refractivity contribution in [2.45, 2.75) is 44.0 Å². The van der Waals surface area contributed by atoms with E-state index in [0.29, 0.717) is 23.4 Å². The maximum Gasteiger partial charge on any atom is 0.235 e. The zero-order valence-corrected chi connectivity index (χ0v) is 16.3. The first-order chi connectivity index (χ1) is 12.6. The predicted octanol–water partition coefficient (Wildman–Crippen LogP) is 2.80. The van der Waals surface area contributed by atoms with Gasteiger partial charge < -0.3 is 9.64 Å². The Morgan fingerprint density at radius 3 is 2.81 bits per heavy atom. The maximum absolute atomic E-state index is 12.8. The monoisotopic (exact) mass is 375 g/mol. The van der Waals surface area contributed by atoms with Gasteiger partial charge in [-0.25, -0.2) is 0 Å². The first kappa shape index (κ1) is 18.7. The molecule has 0 unspecified atom stereocenters.